The van der Waals surface area contributed by atoms with Crippen LogP contribution in [-0.4, -0.2) is 26.2 Å². The maximum atomic E-state index is 3.98. The monoisotopic (exact) mass is 259 g/mol. The summed E-state index contributed by atoms with van der Waals surface area (Å²) in [5, 5.41) is 15.1. The fourth-order valence-electron chi connectivity index (χ4n) is 2.25. The minimum absolute atomic E-state index is 0.449. The van der Waals surface area contributed by atoms with Crippen LogP contribution < -0.4 is 5.32 Å². The van der Waals surface area contributed by atoms with Crippen LogP contribution >= 0.6 is 0 Å². The van der Waals surface area contributed by atoms with Gasteiger partial charge in [-0.2, -0.15) is 4.68 Å². The molecule has 5 nitrogen and oxygen atoms in total. The Morgan fingerprint density at radius 2 is 2.05 bits per heavy atom. The summed E-state index contributed by atoms with van der Waals surface area (Å²) >= 11 is 0. The highest BCUT2D eigenvalue weighted by Crippen LogP contribution is 2.17. The molecule has 1 aromatic carbocycles. The van der Waals surface area contributed by atoms with Crippen LogP contribution in [0.4, 0.5) is 5.69 Å². The standard InChI is InChI=1S/C14H21N5/c1-10(2)8-11(3)15-13-6-5-7-14(9-13)19-12(4)16-17-18-19/h5-7,9-11,15H,8H2,1-4H3. The summed E-state index contributed by atoms with van der Waals surface area (Å²) in [7, 11) is 0. The Labute approximate surface area is 114 Å². The van der Waals surface area contributed by atoms with Gasteiger partial charge in [0.05, 0.1) is 5.69 Å². The van der Waals surface area contributed by atoms with Crippen LogP contribution in [0.5, 0.6) is 0 Å². The maximum Gasteiger partial charge on any atom is 0.153 e. The summed E-state index contributed by atoms with van der Waals surface area (Å²) in [5.41, 5.74) is 2.07. The molecule has 0 saturated carbocycles. The summed E-state index contributed by atoms with van der Waals surface area (Å²) in [6, 6.07) is 8.60. The lowest BCUT2D eigenvalue weighted by Gasteiger charge is -2.17. The van der Waals surface area contributed by atoms with Gasteiger partial charge in [-0.1, -0.05) is 19.9 Å². The Balaban J connectivity index is 2.14. The molecule has 0 spiro atoms. The molecular formula is C14H21N5. The lowest BCUT2D eigenvalue weighted by Crippen LogP contribution is -2.17. The van der Waals surface area contributed by atoms with Gasteiger partial charge in [-0.05, 0) is 54.8 Å². The summed E-state index contributed by atoms with van der Waals surface area (Å²) < 4.78 is 1.73. The Morgan fingerprint density at radius 3 is 2.68 bits per heavy atom. The maximum absolute atomic E-state index is 3.98. The number of hydrogen-bond acceptors (Lipinski definition) is 4. The van der Waals surface area contributed by atoms with Crippen LogP contribution in [0.3, 0.4) is 0 Å². The van der Waals surface area contributed by atoms with E-state index in [1.165, 1.54) is 0 Å². The van der Waals surface area contributed by atoms with Crippen LogP contribution in [0.15, 0.2) is 24.3 Å². The second kappa shape index (κ2) is 5.82. The van der Waals surface area contributed by atoms with Gasteiger partial charge in [0, 0.05) is 11.7 Å². The molecule has 19 heavy (non-hydrogen) atoms. The second-order valence-corrected chi connectivity index (χ2v) is 5.36. The molecule has 1 atom stereocenters. The first-order valence-electron chi connectivity index (χ1n) is 6.68. The molecule has 0 radical (unpaired) electrons. The van der Waals surface area contributed by atoms with Crippen molar-refractivity contribution in [2.75, 3.05) is 5.32 Å². The van der Waals surface area contributed by atoms with Crippen LogP contribution in [0, 0.1) is 12.8 Å². The van der Waals surface area contributed by atoms with Gasteiger partial charge < -0.3 is 5.32 Å². The van der Waals surface area contributed by atoms with E-state index in [0.29, 0.717) is 12.0 Å². The average molecular weight is 259 g/mol. The summed E-state index contributed by atoms with van der Waals surface area (Å²) in [4.78, 5) is 0. The number of anilines is 1. The van der Waals surface area contributed by atoms with Crippen molar-refractivity contribution in [3.63, 3.8) is 0 Å². The van der Waals surface area contributed by atoms with Gasteiger partial charge >= 0.3 is 0 Å². The number of rotatable bonds is 5. The van der Waals surface area contributed by atoms with Gasteiger partial charge in [0.15, 0.2) is 5.82 Å². The van der Waals surface area contributed by atoms with Crippen molar-refractivity contribution in [2.24, 2.45) is 5.92 Å². The van der Waals surface area contributed by atoms with Crippen molar-refractivity contribution in [3.8, 4) is 5.69 Å². The number of aromatic nitrogens is 4. The number of benzene rings is 1. The van der Waals surface area contributed by atoms with E-state index in [-0.39, 0.29) is 0 Å². The van der Waals surface area contributed by atoms with E-state index in [2.05, 4.69) is 53.7 Å². The molecule has 1 heterocycles. The van der Waals surface area contributed by atoms with Crippen LogP contribution in [-0.2, 0) is 0 Å². The molecule has 5 heteroatoms. The molecule has 0 fully saturated rings. The largest absolute Gasteiger partial charge is 0.383 e. The van der Waals surface area contributed by atoms with E-state index in [9.17, 15) is 0 Å². The van der Waals surface area contributed by atoms with Gasteiger partial charge in [-0.3, -0.25) is 0 Å². The molecule has 1 aromatic heterocycles. The van der Waals surface area contributed by atoms with Crippen molar-refractivity contribution < 1.29 is 0 Å². The van der Waals surface area contributed by atoms with E-state index in [4.69, 9.17) is 0 Å². The highest BCUT2D eigenvalue weighted by molar-refractivity contribution is 5.51. The lowest BCUT2D eigenvalue weighted by molar-refractivity contribution is 0.540. The Morgan fingerprint density at radius 1 is 1.26 bits per heavy atom. The Bertz CT molecular complexity index is 532. The smallest absolute Gasteiger partial charge is 0.153 e. The van der Waals surface area contributed by atoms with E-state index >= 15 is 0 Å². The third-order valence-corrected chi connectivity index (χ3v) is 2.95. The number of tetrazole rings is 1. The number of nitrogens with zero attached hydrogens (tertiary/aromatic N) is 4. The number of hydrogen-bond donors (Lipinski definition) is 1. The highest BCUT2D eigenvalue weighted by Gasteiger charge is 2.07. The van der Waals surface area contributed by atoms with E-state index in [1.54, 1.807) is 4.68 Å². The molecule has 102 valence electrons. The zero-order valence-electron chi connectivity index (χ0n) is 12.0. The Kier molecular flexibility index (Phi) is 4.14. The van der Waals surface area contributed by atoms with E-state index < -0.39 is 0 Å². The van der Waals surface area contributed by atoms with E-state index in [0.717, 1.165) is 23.6 Å². The van der Waals surface area contributed by atoms with Gasteiger partial charge in [-0.15, -0.1) is 5.10 Å². The highest BCUT2D eigenvalue weighted by atomic mass is 15.5. The molecule has 1 N–H and O–H groups in total. The minimum atomic E-state index is 0.449. The van der Waals surface area contributed by atoms with Crippen molar-refractivity contribution in [1.82, 2.24) is 20.2 Å². The second-order valence-electron chi connectivity index (χ2n) is 5.36. The fraction of sp³-hybridized carbons (Fsp3) is 0.500. The first-order valence-corrected chi connectivity index (χ1v) is 6.68. The summed E-state index contributed by atoms with van der Waals surface area (Å²) in [6.07, 6.45) is 1.15. The predicted molar refractivity (Wildman–Crippen MR) is 76.4 cm³/mol. The molecule has 0 saturated heterocycles. The topological polar surface area (TPSA) is 55.6 Å². The van der Waals surface area contributed by atoms with Crippen molar-refractivity contribution in [3.05, 3.63) is 30.1 Å². The van der Waals surface area contributed by atoms with Gasteiger partial charge in [-0.25, -0.2) is 0 Å². The van der Waals surface area contributed by atoms with Gasteiger partial charge in [0.1, 0.15) is 0 Å². The first kappa shape index (κ1) is 13.5. The van der Waals surface area contributed by atoms with Crippen molar-refractivity contribution >= 4 is 5.69 Å². The first-order chi connectivity index (χ1) is 9.06. The molecule has 2 rings (SSSR count). The third-order valence-electron chi connectivity index (χ3n) is 2.95. The van der Waals surface area contributed by atoms with Gasteiger partial charge in [0.25, 0.3) is 0 Å². The lowest BCUT2D eigenvalue weighted by atomic mass is 10.1. The zero-order chi connectivity index (χ0) is 13.8. The summed E-state index contributed by atoms with van der Waals surface area (Å²) in [5.74, 6) is 1.47. The molecule has 0 aliphatic heterocycles. The zero-order valence-corrected chi connectivity index (χ0v) is 12.0. The van der Waals surface area contributed by atoms with Crippen molar-refractivity contribution in [1.29, 1.82) is 0 Å². The fourth-order valence-corrected chi connectivity index (χ4v) is 2.25. The van der Waals surface area contributed by atoms with Crippen LogP contribution in [0.25, 0.3) is 5.69 Å². The molecule has 0 amide bonds. The molecule has 0 aliphatic carbocycles. The normalized spacial score (nSPS) is 12.7. The summed E-state index contributed by atoms with van der Waals surface area (Å²) in [6.45, 7) is 8.56. The van der Waals surface area contributed by atoms with Crippen LogP contribution in [0.1, 0.15) is 33.0 Å². The van der Waals surface area contributed by atoms with Crippen LogP contribution in [0.2, 0.25) is 0 Å². The molecule has 0 bridgehead atoms. The predicted octanol–water partition coefficient (Wildman–Crippen LogP) is 2.82. The minimum Gasteiger partial charge on any atom is -0.383 e. The van der Waals surface area contributed by atoms with E-state index in [1.807, 2.05) is 19.1 Å². The number of aryl methyl sites for hydroxylation is 1. The average Bonchev–Trinajstić information content (AvgIpc) is 2.74. The van der Waals surface area contributed by atoms with Crippen molar-refractivity contribution in [2.45, 2.75) is 40.2 Å². The SMILES string of the molecule is Cc1nnnn1-c1cccc(NC(C)CC(C)C)c1. The molecule has 1 unspecified atom stereocenters. The quantitative estimate of drug-likeness (QED) is 0.897. The third kappa shape index (κ3) is 3.53. The molecular weight excluding hydrogens is 238 g/mol. The number of nitrogens with one attached hydrogen (secondary N) is 1. The molecule has 2 aromatic rings. The molecule has 0 aliphatic rings. The van der Waals surface area contributed by atoms with Gasteiger partial charge in [0.2, 0.25) is 0 Å². The Hall–Kier alpha value is -1.91.